The lowest BCUT2D eigenvalue weighted by molar-refractivity contribution is -0.126. The number of rotatable bonds is 6. The van der Waals surface area contributed by atoms with Crippen molar-refractivity contribution < 1.29 is 14.3 Å². The van der Waals surface area contributed by atoms with Crippen molar-refractivity contribution in [2.45, 2.75) is 37.6 Å². The minimum absolute atomic E-state index is 0.0969. The number of halogens is 1. The number of carbonyl (C=O) groups excluding carboxylic acids is 2. The first kappa shape index (κ1) is 19.7. The molecule has 1 saturated heterocycles. The van der Waals surface area contributed by atoms with Crippen molar-refractivity contribution in [3.05, 3.63) is 29.3 Å². The van der Waals surface area contributed by atoms with Gasteiger partial charge in [0.25, 0.3) is 0 Å². The van der Waals surface area contributed by atoms with Gasteiger partial charge in [-0.3, -0.25) is 25.0 Å². The zero-order chi connectivity index (χ0) is 19.2. The number of hydrogen-bond acceptors (Lipinski definition) is 6. The molecule has 8 nitrogen and oxygen atoms in total. The van der Waals surface area contributed by atoms with Gasteiger partial charge in [0.2, 0.25) is 11.8 Å². The van der Waals surface area contributed by atoms with E-state index in [2.05, 4.69) is 21.0 Å². The molecular formula is C17H20ClN5O3S. The van der Waals surface area contributed by atoms with Gasteiger partial charge in [0.15, 0.2) is 11.0 Å². The van der Waals surface area contributed by atoms with Crippen LogP contribution in [0.1, 0.15) is 19.8 Å². The van der Waals surface area contributed by atoms with Gasteiger partial charge in [-0.05, 0) is 37.1 Å². The molecule has 1 fully saturated rings. The van der Waals surface area contributed by atoms with Gasteiger partial charge >= 0.3 is 0 Å². The number of hydrogen-bond donors (Lipinski definition) is 2. The largest absolute Gasteiger partial charge is 0.376 e. The van der Waals surface area contributed by atoms with Gasteiger partial charge in [-0.15, -0.1) is 10.2 Å². The molecule has 2 aromatic rings. The summed E-state index contributed by atoms with van der Waals surface area (Å²) in [6.07, 6.45) is 2.11. The number of nitrogens with one attached hydrogen (secondary N) is 2. The number of hydrazine groups is 1. The summed E-state index contributed by atoms with van der Waals surface area (Å²) < 4.78 is 7.72. The van der Waals surface area contributed by atoms with E-state index in [-0.39, 0.29) is 23.7 Å². The molecule has 144 valence electrons. The van der Waals surface area contributed by atoms with Gasteiger partial charge in [-0.1, -0.05) is 23.4 Å². The van der Waals surface area contributed by atoms with Crippen LogP contribution in [0.3, 0.4) is 0 Å². The summed E-state index contributed by atoms with van der Waals surface area (Å²) >= 11 is 7.23. The monoisotopic (exact) mass is 409 g/mol. The zero-order valence-corrected chi connectivity index (χ0v) is 16.3. The SMILES string of the molecule is CC(=O)NNC(=O)CSc1nnc(-c2ccc(Cl)cc2)n1C[C@H]1CCCO1. The normalized spacial score (nSPS) is 16.3. The summed E-state index contributed by atoms with van der Waals surface area (Å²) in [5.41, 5.74) is 5.49. The van der Waals surface area contributed by atoms with Crippen LogP contribution < -0.4 is 10.9 Å². The third-order valence-corrected chi connectivity index (χ3v) is 5.16. The summed E-state index contributed by atoms with van der Waals surface area (Å²) in [5.74, 6) is 0.145. The number of nitrogens with zero attached hydrogens (tertiary/aromatic N) is 3. The van der Waals surface area contributed by atoms with Crippen LogP contribution in [0.2, 0.25) is 5.02 Å². The summed E-state index contributed by atoms with van der Waals surface area (Å²) in [6.45, 7) is 2.69. The Morgan fingerprint density at radius 2 is 2.07 bits per heavy atom. The van der Waals surface area contributed by atoms with Crippen LogP contribution in [0.4, 0.5) is 0 Å². The predicted molar refractivity (Wildman–Crippen MR) is 102 cm³/mol. The van der Waals surface area contributed by atoms with E-state index in [9.17, 15) is 9.59 Å². The third kappa shape index (κ3) is 5.44. The summed E-state index contributed by atoms with van der Waals surface area (Å²) in [7, 11) is 0. The molecule has 0 radical (unpaired) electrons. The molecule has 0 spiro atoms. The number of amides is 2. The van der Waals surface area contributed by atoms with E-state index >= 15 is 0 Å². The van der Waals surface area contributed by atoms with Crippen LogP contribution in [-0.4, -0.2) is 45.0 Å². The molecule has 1 atom stereocenters. The molecular weight excluding hydrogens is 390 g/mol. The molecule has 1 aliphatic rings. The lowest BCUT2D eigenvalue weighted by Gasteiger charge is -2.14. The fourth-order valence-corrected chi connectivity index (χ4v) is 3.56. The van der Waals surface area contributed by atoms with Gasteiger partial charge in [0, 0.05) is 24.1 Å². The Morgan fingerprint density at radius 3 is 2.74 bits per heavy atom. The van der Waals surface area contributed by atoms with Crippen LogP contribution in [0.25, 0.3) is 11.4 Å². The number of aromatic nitrogens is 3. The highest BCUT2D eigenvalue weighted by atomic mass is 35.5. The highest BCUT2D eigenvalue weighted by molar-refractivity contribution is 7.99. The van der Waals surface area contributed by atoms with Crippen molar-refractivity contribution >= 4 is 35.2 Å². The second-order valence-corrected chi connectivity index (χ2v) is 7.46. The van der Waals surface area contributed by atoms with Crippen LogP contribution >= 0.6 is 23.4 Å². The van der Waals surface area contributed by atoms with Crippen LogP contribution in [-0.2, 0) is 20.9 Å². The molecule has 2 N–H and O–H groups in total. The first-order valence-corrected chi connectivity index (χ1v) is 9.88. The molecule has 0 aliphatic carbocycles. The van der Waals surface area contributed by atoms with E-state index in [1.165, 1.54) is 18.7 Å². The summed E-state index contributed by atoms with van der Waals surface area (Å²) in [5, 5.41) is 9.81. The average Bonchev–Trinajstić information content (AvgIpc) is 3.29. The quantitative estimate of drug-likeness (QED) is 0.559. The van der Waals surface area contributed by atoms with E-state index in [1.807, 2.05) is 16.7 Å². The van der Waals surface area contributed by atoms with Crippen molar-refractivity contribution in [2.24, 2.45) is 0 Å². The average molecular weight is 410 g/mol. The first-order chi connectivity index (χ1) is 13.0. The van der Waals surface area contributed by atoms with Gasteiger partial charge in [-0.25, -0.2) is 0 Å². The molecule has 0 bridgehead atoms. The molecule has 10 heteroatoms. The minimum Gasteiger partial charge on any atom is -0.376 e. The van der Waals surface area contributed by atoms with Crippen LogP contribution in [0.15, 0.2) is 29.4 Å². The lowest BCUT2D eigenvalue weighted by atomic mass is 10.2. The second-order valence-electron chi connectivity index (χ2n) is 6.08. The van der Waals surface area contributed by atoms with Gasteiger partial charge in [-0.2, -0.15) is 0 Å². The number of carbonyl (C=O) groups is 2. The smallest absolute Gasteiger partial charge is 0.248 e. The zero-order valence-electron chi connectivity index (χ0n) is 14.8. The van der Waals surface area contributed by atoms with Crippen molar-refractivity contribution in [3.8, 4) is 11.4 Å². The van der Waals surface area contributed by atoms with Crippen molar-refractivity contribution in [1.29, 1.82) is 0 Å². The highest BCUT2D eigenvalue weighted by Gasteiger charge is 2.22. The van der Waals surface area contributed by atoms with Gasteiger partial charge in [0.1, 0.15) is 0 Å². The first-order valence-electron chi connectivity index (χ1n) is 8.52. The van der Waals surface area contributed by atoms with E-state index in [4.69, 9.17) is 16.3 Å². The number of ether oxygens (including phenoxy) is 1. The Kier molecular flexibility index (Phi) is 6.70. The molecule has 3 rings (SSSR count). The molecule has 0 unspecified atom stereocenters. The topological polar surface area (TPSA) is 98.1 Å². The van der Waals surface area contributed by atoms with Crippen LogP contribution in [0, 0.1) is 0 Å². The third-order valence-electron chi connectivity index (χ3n) is 3.94. The Bertz CT molecular complexity index is 805. The Balaban J connectivity index is 1.76. The summed E-state index contributed by atoms with van der Waals surface area (Å²) in [4.78, 5) is 22.7. The molecule has 0 saturated carbocycles. The standard InChI is InChI=1S/C17H20ClN5O3S/c1-11(24)19-20-15(25)10-27-17-22-21-16(12-4-6-13(18)7-5-12)23(17)9-14-3-2-8-26-14/h4-7,14H,2-3,8-10H2,1H3,(H,19,24)(H,20,25)/t14-/m1/s1. The lowest BCUT2D eigenvalue weighted by Crippen LogP contribution is -2.41. The summed E-state index contributed by atoms with van der Waals surface area (Å²) in [6, 6.07) is 7.37. The van der Waals surface area contributed by atoms with Crippen LogP contribution in [0.5, 0.6) is 0 Å². The molecule has 1 aromatic heterocycles. The maximum Gasteiger partial charge on any atom is 0.248 e. The van der Waals surface area contributed by atoms with E-state index in [0.29, 0.717) is 22.5 Å². The molecule has 27 heavy (non-hydrogen) atoms. The number of benzene rings is 1. The Hall–Kier alpha value is -2.10. The Labute approximate surface area is 166 Å². The van der Waals surface area contributed by atoms with Crippen molar-refractivity contribution in [2.75, 3.05) is 12.4 Å². The van der Waals surface area contributed by atoms with Crippen molar-refractivity contribution in [1.82, 2.24) is 25.6 Å². The van der Waals surface area contributed by atoms with Crippen molar-refractivity contribution in [3.63, 3.8) is 0 Å². The molecule has 1 aromatic carbocycles. The minimum atomic E-state index is -0.333. The van der Waals surface area contributed by atoms with Gasteiger partial charge in [0.05, 0.1) is 18.4 Å². The maximum atomic E-state index is 11.8. The second kappa shape index (κ2) is 9.20. The molecule has 2 heterocycles. The van der Waals surface area contributed by atoms with E-state index in [0.717, 1.165) is 25.0 Å². The molecule has 2 amide bonds. The van der Waals surface area contributed by atoms with Gasteiger partial charge < -0.3 is 4.74 Å². The molecule has 1 aliphatic heterocycles. The number of thioether (sulfide) groups is 1. The highest BCUT2D eigenvalue weighted by Crippen LogP contribution is 2.27. The fraction of sp³-hybridized carbons (Fsp3) is 0.412. The van der Waals surface area contributed by atoms with E-state index in [1.54, 1.807) is 12.1 Å². The Morgan fingerprint density at radius 1 is 1.30 bits per heavy atom. The predicted octanol–water partition coefficient (Wildman–Crippen LogP) is 2.04. The maximum absolute atomic E-state index is 11.8. The van der Waals surface area contributed by atoms with E-state index < -0.39 is 0 Å². The fourth-order valence-electron chi connectivity index (χ4n) is 2.69.